The second-order valence-electron chi connectivity index (χ2n) is 3.80. The monoisotopic (exact) mass is 342 g/mol. The Hall–Kier alpha value is 1.00. The van der Waals surface area contributed by atoms with Crippen molar-refractivity contribution in [2.24, 2.45) is 0 Å². The Labute approximate surface area is 96.3 Å². The standard InChI is InChI=1S/C10H15Ge.ClH.Mo/c1-6-7(2)9(4)10(5,11)8(6)3;;/h1-5H3;1H;/q;;+1/p-1. The van der Waals surface area contributed by atoms with Crippen LogP contribution in [0, 0.1) is 0 Å². The van der Waals surface area contributed by atoms with E-state index in [0.717, 1.165) is 0 Å². The summed E-state index contributed by atoms with van der Waals surface area (Å²) in [6.07, 6.45) is 0. The molecule has 13 heavy (non-hydrogen) atoms. The van der Waals surface area contributed by atoms with Gasteiger partial charge in [-0.05, 0) is 0 Å². The molecule has 0 unspecified atom stereocenters. The van der Waals surface area contributed by atoms with Crippen molar-refractivity contribution in [3.05, 3.63) is 22.3 Å². The van der Waals surface area contributed by atoms with Crippen molar-refractivity contribution in [3.63, 3.8) is 0 Å². The molecule has 1 rings (SSSR count). The van der Waals surface area contributed by atoms with Gasteiger partial charge in [0.2, 0.25) is 0 Å². The van der Waals surface area contributed by atoms with E-state index in [9.17, 15) is 0 Å². The van der Waals surface area contributed by atoms with Crippen LogP contribution in [0.3, 0.4) is 0 Å². The molecule has 0 fully saturated rings. The van der Waals surface area contributed by atoms with Gasteiger partial charge in [0.15, 0.2) is 0 Å². The van der Waals surface area contributed by atoms with Crippen molar-refractivity contribution >= 4 is 21.3 Å². The first kappa shape index (κ1) is 12.1. The predicted octanol–water partition coefficient (Wildman–Crippen LogP) is 3.71. The van der Waals surface area contributed by atoms with Gasteiger partial charge >= 0.3 is 97.0 Å². The van der Waals surface area contributed by atoms with Crippen molar-refractivity contribution in [3.8, 4) is 0 Å². The van der Waals surface area contributed by atoms with Gasteiger partial charge in [-0.3, -0.25) is 0 Å². The van der Waals surface area contributed by atoms with Crippen LogP contribution < -0.4 is 0 Å². The Morgan fingerprint density at radius 2 is 1.46 bits per heavy atom. The van der Waals surface area contributed by atoms with E-state index >= 15 is 0 Å². The van der Waals surface area contributed by atoms with Crippen LogP contribution in [0.15, 0.2) is 22.3 Å². The molecule has 0 atom stereocenters. The van der Waals surface area contributed by atoms with Crippen LogP contribution >= 0.6 is 9.42 Å². The van der Waals surface area contributed by atoms with Crippen LogP contribution in [0.25, 0.3) is 0 Å². The molecule has 3 heteroatoms. The molecule has 0 saturated carbocycles. The minimum atomic E-state index is -0.181. The van der Waals surface area contributed by atoms with E-state index in [1.54, 1.807) is 11.1 Å². The van der Waals surface area contributed by atoms with Gasteiger partial charge in [-0.2, -0.15) is 0 Å². The summed E-state index contributed by atoms with van der Waals surface area (Å²) in [5.74, 6) is 0. The van der Waals surface area contributed by atoms with Crippen molar-refractivity contribution < 1.29 is 14.5 Å². The van der Waals surface area contributed by atoms with E-state index in [2.05, 4.69) is 34.6 Å². The first-order valence-corrected chi connectivity index (χ1v) is 14.1. The van der Waals surface area contributed by atoms with Gasteiger partial charge < -0.3 is 0 Å². The summed E-state index contributed by atoms with van der Waals surface area (Å²) in [7, 11) is 6.04. The molecule has 0 aromatic carbocycles. The third-order valence-electron chi connectivity index (χ3n) is 3.43. The van der Waals surface area contributed by atoms with Gasteiger partial charge in [0.05, 0.1) is 0 Å². The van der Waals surface area contributed by atoms with Crippen molar-refractivity contribution in [1.82, 2.24) is 0 Å². The topological polar surface area (TPSA) is 0 Å². The summed E-state index contributed by atoms with van der Waals surface area (Å²) in [5.41, 5.74) is 6.21. The second kappa shape index (κ2) is 4.25. The molecule has 0 aromatic heterocycles. The zero-order valence-corrected chi connectivity index (χ0v) is 13.6. The van der Waals surface area contributed by atoms with E-state index in [1.165, 1.54) is 11.1 Å². The van der Waals surface area contributed by atoms with E-state index in [0.29, 0.717) is 4.25 Å². The van der Waals surface area contributed by atoms with E-state index in [-0.39, 0.29) is 26.4 Å². The van der Waals surface area contributed by atoms with Crippen molar-refractivity contribution in [2.45, 2.75) is 38.9 Å². The molecule has 0 spiro atoms. The summed E-state index contributed by atoms with van der Waals surface area (Å²) in [5, 5.41) is 0. The van der Waals surface area contributed by atoms with Crippen LogP contribution in [-0.2, 0) is 14.5 Å². The molecule has 0 nitrogen and oxygen atoms in total. The van der Waals surface area contributed by atoms with Crippen LogP contribution in [0.5, 0.6) is 0 Å². The van der Waals surface area contributed by atoms with Gasteiger partial charge in [0, 0.05) is 0 Å². The Kier molecular flexibility index (Phi) is 3.94. The quantitative estimate of drug-likeness (QED) is 0.591. The molecule has 0 amide bonds. The molecule has 0 heterocycles. The summed E-state index contributed by atoms with van der Waals surface area (Å²) in [6.45, 7) is 11.5. The molecule has 0 saturated heterocycles. The maximum absolute atomic E-state index is 6.04. The molecule has 0 aliphatic heterocycles. The third-order valence-corrected chi connectivity index (χ3v) is 14.6. The van der Waals surface area contributed by atoms with E-state index < -0.39 is 0 Å². The summed E-state index contributed by atoms with van der Waals surface area (Å²) in [4.78, 5) is 0. The van der Waals surface area contributed by atoms with Gasteiger partial charge in [0.25, 0.3) is 0 Å². The molecule has 1 aliphatic rings. The molecular formula is C10H15ClGeMo. The Balaban J connectivity index is 3.36. The van der Waals surface area contributed by atoms with Gasteiger partial charge in [-0.25, -0.2) is 0 Å². The normalized spacial score (nSPS) is 20.8. The molecule has 0 radical (unpaired) electrons. The number of hydrogen-bond donors (Lipinski definition) is 0. The predicted molar refractivity (Wildman–Crippen MR) is 56.7 cm³/mol. The molecule has 0 N–H and O–H groups in total. The summed E-state index contributed by atoms with van der Waals surface area (Å²) >= 11 is -0.131. The number of allylic oxidation sites excluding steroid dienone is 4. The van der Waals surface area contributed by atoms with E-state index in [4.69, 9.17) is 9.42 Å². The second-order valence-corrected chi connectivity index (χ2v) is 16.0. The molecule has 0 bridgehead atoms. The van der Waals surface area contributed by atoms with Gasteiger partial charge in [0.1, 0.15) is 0 Å². The molecule has 0 aromatic rings. The molecular weight excluding hydrogens is 324 g/mol. The Bertz CT molecular complexity index is 344. The third kappa shape index (κ3) is 1.87. The zero-order chi connectivity index (χ0) is 10.2. The van der Waals surface area contributed by atoms with Gasteiger partial charge in [-0.15, -0.1) is 0 Å². The molecule has 1 aliphatic carbocycles. The van der Waals surface area contributed by atoms with Crippen LogP contribution in [0.2, 0.25) is 4.25 Å². The van der Waals surface area contributed by atoms with Crippen LogP contribution in [0.1, 0.15) is 34.6 Å². The number of halogens is 1. The summed E-state index contributed by atoms with van der Waals surface area (Å²) in [6, 6.07) is 0. The van der Waals surface area contributed by atoms with Crippen LogP contribution in [0.4, 0.5) is 0 Å². The SMILES string of the molecule is CC1=C(C)[C](C)([Ge]#[Mo][Cl])C(C)=C1C. The number of hydrogen-bond acceptors (Lipinski definition) is 0. The summed E-state index contributed by atoms with van der Waals surface area (Å²) < 4.78 is 0.415. The Morgan fingerprint density at radius 3 is 1.77 bits per heavy atom. The van der Waals surface area contributed by atoms with Crippen molar-refractivity contribution in [1.29, 1.82) is 0 Å². The van der Waals surface area contributed by atoms with Crippen LogP contribution in [-0.4, -0.2) is 11.9 Å². The maximum atomic E-state index is 6.04. The fraction of sp³-hybridized carbons (Fsp3) is 0.600. The Morgan fingerprint density at radius 1 is 1.08 bits per heavy atom. The average molecular weight is 339 g/mol. The first-order valence-electron chi connectivity index (χ1n) is 4.36. The fourth-order valence-corrected chi connectivity index (χ4v) is 14.2. The molecule has 72 valence electrons. The average Bonchev–Trinajstić information content (AvgIpc) is 2.23. The van der Waals surface area contributed by atoms with Gasteiger partial charge in [-0.1, -0.05) is 0 Å². The van der Waals surface area contributed by atoms with Crippen molar-refractivity contribution in [2.75, 3.05) is 0 Å². The first-order chi connectivity index (χ1) is 5.95. The fourth-order valence-electron chi connectivity index (χ4n) is 1.82. The minimum absolute atomic E-state index is 0.0492. The van der Waals surface area contributed by atoms with E-state index in [1.807, 2.05) is 0 Å². The zero-order valence-electron chi connectivity index (χ0n) is 8.79. The number of rotatable bonds is 0.